The highest BCUT2D eigenvalue weighted by Crippen LogP contribution is 2.40. The van der Waals surface area contributed by atoms with Gasteiger partial charge < -0.3 is 24.3 Å². The molecule has 1 aliphatic heterocycles. The van der Waals surface area contributed by atoms with Gasteiger partial charge in [-0.1, -0.05) is 56.7 Å². The van der Waals surface area contributed by atoms with Crippen LogP contribution in [0.15, 0.2) is 54.7 Å². The van der Waals surface area contributed by atoms with E-state index in [-0.39, 0.29) is 11.8 Å². The van der Waals surface area contributed by atoms with E-state index in [2.05, 4.69) is 36.3 Å². The SMILES string of the molecule is CCCCOC1(c2ccccc2C)CN(C(=O)[C@H](Cc2ccc(OC)cc2)c2ncc(NC(=O)CC)n2C)C1. The third-order valence-corrected chi connectivity index (χ3v) is 7.54. The summed E-state index contributed by atoms with van der Waals surface area (Å²) in [6, 6.07) is 16.0. The van der Waals surface area contributed by atoms with Crippen molar-refractivity contribution >= 4 is 17.6 Å². The molecule has 0 radical (unpaired) electrons. The topological polar surface area (TPSA) is 85.7 Å². The van der Waals surface area contributed by atoms with Gasteiger partial charge in [0, 0.05) is 20.1 Å². The maximum Gasteiger partial charge on any atom is 0.233 e. The fourth-order valence-corrected chi connectivity index (χ4v) is 5.16. The van der Waals surface area contributed by atoms with E-state index >= 15 is 0 Å². The molecule has 0 spiro atoms. The average molecular weight is 533 g/mol. The summed E-state index contributed by atoms with van der Waals surface area (Å²) in [6.07, 6.45) is 4.48. The molecule has 1 saturated heterocycles. The largest absolute Gasteiger partial charge is 0.497 e. The van der Waals surface area contributed by atoms with Crippen LogP contribution in [0.2, 0.25) is 0 Å². The van der Waals surface area contributed by atoms with Crippen LogP contribution in [0.1, 0.15) is 61.5 Å². The highest BCUT2D eigenvalue weighted by atomic mass is 16.5. The molecule has 1 aliphatic rings. The van der Waals surface area contributed by atoms with E-state index in [0.29, 0.717) is 44.2 Å². The van der Waals surface area contributed by atoms with Crippen molar-refractivity contribution in [2.45, 2.75) is 58.0 Å². The molecule has 8 nitrogen and oxygen atoms in total. The molecule has 208 valence electrons. The van der Waals surface area contributed by atoms with Crippen LogP contribution in [0, 0.1) is 6.92 Å². The summed E-state index contributed by atoms with van der Waals surface area (Å²) >= 11 is 0. The second-order valence-corrected chi connectivity index (χ2v) is 10.3. The Hall–Kier alpha value is -3.65. The number of methoxy groups -OCH3 is 1. The first-order valence-corrected chi connectivity index (χ1v) is 13.7. The van der Waals surface area contributed by atoms with E-state index in [9.17, 15) is 9.59 Å². The van der Waals surface area contributed by atoms with Crippen molar-refractivity contribution in [2.75, 3.05) is 32.1 Å². The molecule has 1 fully saturated rings. The Morgan fingerprint density at radius 3 is 2.46 bits per heavy atom. The number of aromatic nitrogens is 2. The van der Waals surface area contributed by atoms with Crippen molar-refractivity contribution in [3.8, 4) is 5.75 Å². The van der Waals surface area contributed by atoms with Crippen LogP contribution in [-0.4, -0.2) is 53.1 Å². The van der Waals surface area contributed by atoms with Crippen LogP contribution >= 0.6 is 0 Å². The van der Waals surface area contributed by atoms with E-state index in [1.807, 2.05) is 52.9 Å². The first-order chi connectivity index (χ1) is 18.8. The van der Waals surface area contributed by atoms with Gasteiger partial charge in [-0.05, 0) is 48.6 Å². The number of anilines is 1. The van der Waals surface area contributed by atoms with Gasteiger partial charge >= 0.3 is 0 Å². The van der Waals surface area contributed by atoms with Gasteiger partial charge in [0.1, 0.15) is 28.9 Å². The summed E-state index contributed by atoms with van der Waals surface area (Å²) in [5.41, 5.74) is 2.79. The Balaban J connectivity index is 1.62. The number of ether oxygens (including phenoxy) is 2. The smallest absolute Gasteiger partial charge is 0.233 e. The van der Waals surface area contributed by atoms with E-state index in [1.54, 1.807) is 20.2 Å². The Bertz CT molecular complexity index is 1280. The molecule has 0 aliphatic carbocycles. The van der Waals surface area contributed by atoms with Gasteiger partial charge in [0.2, 0.25) is 11.8 Å². The highest BCUT2D eigenvalue weighted by molar-refractivity contribution is 5.90. The molecule has 2 heterocycles. The third-order valence-electron chi connectivity index (χ3n) is 7.54. The van der Waals surface area contributed by atoms with Gasteiger partial charge in [-0.2, -0.15) is 0 Å². The predicted octanol–water partition coefficient (Wildman–Crippen LogP) is 4.97. The predicted molar refractivity (Wildman–Crippen MR) is 152 cm³/mol. The summed E-state index contributed by atoms with van der Waals surface area (Å²) in [7, 11) is 3.47. The highest BCUT2D eigenvalue weighted by Gasteiger charge is 2.50. The molecule has 1 atom stereocenters. The summed E-state index contributed by atoms with van der Waals surface area (Å²) in [4.78, 5) is 32.7. The summed E-state index contributed by atoms with van der Waals surface area (Å²) in [5, 5.41) is 2.88. The second-order valence-electron chi connectivity index (χ2n) is 10.3. The number of imidazole rings is 1. The molecule has 2 amide bonds. The van der Waals surface area contributed by atoms with Gasteiger partial charge in [-0.25, -0.2) is 4.98 Å². The lowest BCUT2D eigenvalue weighted by Crippen LogP contribution is -2.63. The van der Waals surface area contributed by atoms with Gasteiger partial charge in [-0.3, -0.25) is 9.59 Å². The van der Waals surface area contributed by atoms with Crippen molar-refractivity contribution < 1.29 is 19.1 Å². The summed E-state index contributed by atoms with van der Waals surface area (Å²) in [5.74, 6) is 1.32. The molecule has 0 bridgehead atoms. The van der Waals surface area contributed by atoms with Gasteiger partial charge in [0.05, 0.1) is 26.4 Å². The first kappa shape index (κ1) is 28.4. The van der Waals surface area contributed by atoms with E-state index in [1.165, 1.54) is 0 Å². The Morgan fingerprint density at radius 1 is 1.10 bits per heavy atom. The van der Waals surface area contributed by atoms with Crippen LogP contribution in [0.25, 0.3) is 0 Å². The van der Waals surface area contributed by atoms with Crippen LogP contribution < -0.4 is 10.1 Å². The van der Waals surface area contributed by atoms with E-state index in [4.69, 9.17) is 9.47 Å². The maximum atomic E-state index is 14.1. The zero-order valence-corrected chi connectivity index (χ0v) is 23.7. The number of likely N-dealkylation sites (tertiary alicyclic amines) is 1. The first-order valence-electron chi connectivity index (χ1n) is 13.7. The maximum absolute atomic E-state index is 14.1. The third kappa shape index (κ3) is 6.17. The number of rotatable bonds is 12. The summed E-state index contributed by atoms with van der Waals surface area (Å²) < 4.78 is 13.6. The van der Waals surface area contributed by atoms with E-state index in [0.717, 1.165) is 35.3 Å². The quantitative estimate of drug-likeness (QED) is 0.333. The number of benzene rings is 2. The monoisotopic (exact) mass is 532 g/mol. The van der Waals surface area contributed by atoms with Crippen LogP contribution in [0.5, 0.6) is 5.75 Å². The molecular formula is C31H40N4O4. The molecule has 0 unspecified atom stereocenters. The molecule has 39 heavy (non-hydrogen) atoms. The normalized spacial score (nSPS) is 14.9. The van der Waals surface area contributed by atoms with Crippen LogP contribution in [0.4, 0.5) is 5.82 Å². The number of nitrogens with zero attached hydrogens (tertiary/aromatic N) is 3. The number of hydrogen-bond donors (Lipinski definition) is 1. The Morgan fingerprint density at radius 2 is 1.82 bits per heavy atom. The lowest BCUT2D eigenvalue weighted by molar-refractivity contribution is -0.174. The fourth-order valence-electron chi connectivity index (χ4n) is 5.16. The number of aryl methyl sites for hydroxylation is 1. The van der Waals surface area contributed by atoms with Gasteiger partial charge in [0.25, 0.3) is 0 Å². The van der Waals surface area contributed by atoms with Crippen LogP contribution in [-0.2, 0) is 33.4 Å². The molecule has 1 N–H and O–H groups in total. The van der Waals surface area contributed by atoms with Crippen molar-refractivity contribution in [3.63, 3.8) is 0 Å². The van der Waals surface area contributed by atoms with Crippen molar-refractivity contribution in [2.24, 2.45) is 7.05 Å². The molecule has 8 heteroatoms. The lowest BCUT2D eigenvalue weighted by Gasteiger charge is -2.51. The number of carbonyl (C=O) groups is 2. The standard InChI is InChI=1S/C31H40N4O4/c1-6-8-17-39-31(26-12-10-9-11-22(26)3)20-35(21-31)30(37)25(18-23-13-15-24(38-5)16-14-23)29-32-19-27(34(29)4)33-28(36)7-2/h9-16,19,25H,6-8,17-18,20-21H2,1-5H3,(H,33,36)/t25-/m1/s1. The zero-order valence-electron chi connectivity index (χ0n) is 23.7. The molecule has 2 aromatic carbocycles. The molecule has 4 rings (SSSR count). The molecule has 1 aromatic heterocycles. The second kappa shape index (κ2) is 12.5. The van der Waals surface area contributed by atoms with Gasteiger partial charge in [0.15, 0.2) is 0 Å². The molecular weight excluding hydrogens is 492 g/mol. The minimum absolute atomic E-state index is 0.00353. The molecule has 3 aromatic rings. The number of amides is 2. The number of unbranched alkanes of at least 4 members (excludes halogenated alkanes) is 1. The van der Waals surface area contributed by atoms with Crippen molar-refractivity contribution in [1.82, 2.24) is 14.5 Å². The molecule has 0 saturated carbocycles. The fraction of sp³-hybridized carbons (Fsp3) is 0.452. The van der Waals surface area contributed by atoms with Crippen molar-refractivity contribution in [3.05, 3.63) is 77.2 Å². The number of nitrogens with one attached hydrogen (secondary N) is 1. The number of hydrogen-bond acceptors (Lipinski definition) is 5. The summed E-state index contributed by atoms with van der Waals surface area (Å²) in [6.45, 7) is 7.68. The van der Waals surface area contributed by atoms with Gasteiger partial charge in [-0.15, -0.1) is 0 Å². The number of carbonyl (C=O) groups excluding carboxylic acids is 2. The average Bonchev–Trinajstić information content (AvgIpc) is 3.28. The lowest BCUT2D eigenvalue weighted by atomic mass is 9.82. The Kier molecular flexibility index (Phi) is 9.07. The minimum atomic E-state index is -0.527. The minimum Gasteiger partial charge on any atom is -0.497 e. The van der Waals surface area contributed by atoms with E-state index < -0.39 is 11.5 Å². The Labute approximate surface area is 231 Å². The van der Waals surface area contributed by atoms with Crippen molar-refractivity contribution in [1.29, 1.82) is 0 Å². The zero-order chi connectivity index (χ0) is 28.0. The van der Waals surface area contributed by atoms with Crippen LogP contribution in [0.3, 0.4) is 0 Å².